The van der Waals surface area contributed by atoms with Crippen molar-refractivity contribution in [2.45, 2.75) is 51.8 Å². The first-order chi connectivity index (χ1) is 20.1. The number of benzene rings is 4. The van der Waals surface area contributed by atoms with Crippen LogP contribution in [0, 0.1) is 5.92 Å². The van der Waals surface area contributed by atoms with Gasteiger partial charge in [0.05, 0.1) is 11.6 Å². The van der Waals surface area contributed by atoms with Gasteiger partial charge in [0.25, 0.3) is 0 Å². The number of likely N-dealkylation sites (tertiary alicyclic amines) is 1. The summed E-state index contributed by atoms with van der Waals surface area (Å²) >= 11 is 0. The second-order valence-corrected chi connectivity index (χ2v) is 12.4. The van der Waals surface area contributed by atoms with Crippen LogP contribution in [0.3, 0.4) is 0 Å². The van der Waals surface area contributed by atoms with E-state index < -0.39 is 11.6 Å². The van der Waals surface area contributed by atoms with Gasteiger partial charge in [-0.2, -0.15) is 0 Å². The van der Waals surface area contributed by atoms with E-state index in [2.05, 4.69) is 48.2 Å². The van der Waals surface area contributed by atoms with Crippen molar-refractivity contribution in [3.8, 4) is 0 Å². The van der Waals surface area contributed by atoms with E-state index >= 15 is 0 Å². The molecule has 1 amide bonds. The van der Waals surface area contributed by atoms with E-state index in [1.54, 1.807) is 12.1 Å². The molecule has 218 valence electrons. The number of ether oxygens (including phenoxy) is 1. The number of hydrogen-bond donors (Lipinski definition) is 1. The average Bonchev–Trinajstić information content (AvgIpc) is 3.37. The second-order valence-electron chi connectivity index (χ2n) is 12.4. The van der Waals surface area contributed by atoms with Gasteiger partial charge in [-0.25, -0.2) is 9.59 Å². The number of rotatable bonds is 8. The van der Waals surface area contributed by atoms with Crippen molar-refractivity contribution in [3.05, 3.63) is 119 Å². The molecule has 1 saturated heterocycles. The van der Waals surface area contributed by atoms with Crippen molar-refractivity contribution in [3.63, 3.8) is 0 Å². The summed E-state index contributed by atoms with van der Waals surface area (Å²) in [5.74, 6) is -0.812. The Morgan fingerprint density at radius 3 is 2.36 bits per heavy atom. The molecule has 1 aliphatic rings. The van der Waals surface area contributed by atoms with Gasteiger partial charge in [-0.1, -0.05) is 84.9 Å². The highest BCUT2D eigenvalue weighted by molar-refractivity contribution is 5.88. The minimum atomic E-state index is -0.938. The van der Waals surface area contributed by atoms with Gasteiger partial charge >= 0.3 is 12.1 Å². The third-order valence-electron chi connectivity index (χ3n) is 8.13. The summed E-state index contributed by atoms with van der Waals surface area (Å²) in [5, 5.41) is 11.9. The fraction of sp³-hybridized carbons (Fsp3) is 0.333. The minimum Gasteiger partial charge on any atom is -0.478 e. The van der Waals surface area contributed by atoms with E-state index in [0.717, 1.165) is 41.5 Å². The van der Waals surface area contributed by atoms with Crippen LogP contribution in [-0.4, -0.2) is 52.2 Å². The number of carboxylic acids is 1. The Morgan fingerprint density at radius 1 is 0.929 bits per heavy atom. The molecule has 0 spiro atoms. The first-order valence-corrected chi connectivity index (χ1v) is 14.7. The lowest BCUT2D eigenvalue weighted by Gasteiger charge is -2.35. The normalized spacial score (nSPS) is 18.1. The lowest BCUT2D eigenvalue weighted by atomic mass is 9.87. The molecule has 0 aromatic heterocycles. The van der Waals surface area contributed by atoms with Gasteiger partial charge in [-0.3, -0.25) is 4.90 Å². The third-order valence-corrected chi connectivity index (χ3v) is 8.13. The summed E-state index contributed by atoms with van der Waals surface area (Å²) in [6.07, 6.45) is -0.345. The molecule has 1 fully saturated rings. The van der Waals surface area contributed by atoms with Crippen LogP contribution in [0.15, 0.2) is 97.1 Å². The zero-order valence-corrected chi connectivity index (χ0v) is 24.9. The molecule has 0 saturated carbocycles. The van der Waals surface area contributed by atoms with Crippen LogP contribution in [0.5, 0.6) is 0 Å². The summed E-state index contributed by atoms with van der Waals surface area (Å²) in [6.45, 7) is 10.6. The quantitative estimate of drug-likeness (QED) is 0.237. The van der Waals surface area contributed by atoms with Crippen LogP contribution in [0.1, 0.15) is 66.7 Å². The summed E-state index contributed by atoms with van der Waals surface area (Å²) in [5.41, 5.74) is 2.92. The van der Waals surface area contributed by atoms with E-state index in [1.807, 2.05) is 74.2 Å². The highest BCUT2D eigenvalue weighted by Gasteiger charge is 2.38. The molecule has 3 atom stereocenters. The number of hydrogen-bond acceptors (Lipinski definition) is 4. The number of nitrogens with zero attached hydrogens (tertiary/aromatic N) is 2. The van der Waals surface area contributed by atoms with Gasteiger partial charge in [-0.15, -0.1) is 0 Å². The maximum absolute atomic E-state index is 13.9. The van der Waals surface area contributed by atoms with Gasteiger partial charge < -0.3 is 14.7 Å². The maximum atomic E-state index is 13.9. The summed E-state index contributed by atoms with van der Waals surface area (Å²) < 4.78 is 5.97. The predicted molar refractivity (Wildman–Crippen MR) is 167 cm³/mol. The van der Waals surface area contributed by atoms with Gasteiger partial charge in [-0.05, 0) is 73.2 Å². The molecule has 6 heteroatoms. The Balaban J connectivity index is 1.51. The fourth-order valence-corrected chi connectivity index (χ4v) is 6.14. The molecule has 42 heavy (non-hydrogen) atoms. The number of carbonyl (C=O) groups excluding carboxylic acids is 1. The molecule has 1 heterocycles. The maximum Gasteiger partial charge on any atom is 0.410 e. The Bertz CT molecular complexity index is 1540. The Labute approximate surface area is 248 Å². The van der Waals surface area contributed by atoms with Crippen LogP contribution in [-0.2, 0) is 11.3 Å². The van der Waals surface area contributed by atoms with Crippen molar-refractivity contribution < 1.29 is 19.4 Å². The molecule has 6 nitrogen and oxygen atoms in total. The second kappa shape index (κ2) is 12.4. The van der Waals surface area contributed by atoms with Crippen LogP contribution < -0.4 is 0 Å². The van der Waals surface area contributed by atoms with Gasteiger partial charge in [0.2, 0.25) is 0 Å². The van der Waals surface area contributed by atoms with Crippen LogP contribution in [0.2, 0.25) is 0 Å². The number of carbonyl (C=O) groups is 2. The van der Waals surface area contributed by atoms with E-state index in [4.69, 9.17) is 4.74 Å². The third kappa shape index (κ3) is 6.82. The van der Waals surface area contributed by atoms with Crippen molar-refractivity contribution in [2.24, 2.45) is 5.92 Å². The largest absolute Gasteiger partial charge is 0.478 e. The summed E-state index contributed by atoms with van der Waals surface area (Å²) in [7, 11) is 0. The molecule has 1 aliphatic heterocycles. The highest BCUT2D eigenvalue weighted by atomic mass is 16.6. The van der Waals surface area contributed by atoms with Crippen molar-refractivity contribution in [1.82, 2.24) is 9.80 Å². The van der Waals surface area contributed by atoms with Gasteiger partial charge in [0.1, 0.15) is 5.60 Å². The van der Waals surface area contributed by atoms with Crippen molar-refractivity contribution in [1.29, 1.82) is 0 Å². The number of fused-ring (bicyclic) bond motifs is 1. The molecular formula is C36H40N2O4. The molecule has 1 N–H and O–H groups in total. The Morgan fingerprint density at radius 2 is 1.62 bits per heavy atom. The van der Waals surface area contributed by atoms with Gasteiger partial charge in [0.15, 0.2) is 0 Å². The highest BCUT2D eigenvalue weighted by Crippen LogP contribution is 2.37. The molecule has 4 aromatic rings. The first-order valence-electron chi connectivity index (χ1n) is 14.7. The topological polar surface area (TPSA) is 70.1 Å². The predicted octanol–water partition coefficient (Wildman–Crippen LogP) is 7.75. The average molecular weight is 565 g/mol. The molecule has 4 aromatic carbocycles. The number of amides is 1. The Hall–Kier alpha value is -4.16. The summed E-state index contributed by atoms with van der Waals surface area (Å²) in [6, 6.07) is 31.9. The molecule has 0 aliphatic carbocycles. The van der Waals surface area contributed by atoms with Crippen LogP contribution >= 0.6 is 0 Å². The zero-order valence-electron chi connectivity index (χ0n) is 24.9. The lowest BCUT2D eigenvalue weighted by Crippen LogP contribution is -2.42. The smallest absolute Gasteiger partial charge is 0.410 e. The molecule has 0 bridgehead atoms. The lowest BCUT2D eigenvalue weighted by molar-refractivity contribution is 0.0136. The number of aromatic carboxylic acids is 1. The van der Waals surface area contributed by atoms with Crippen molar-refractivity contribution in [2.75, 3.05) is 19.6 Å². The van der Waals surface area contributed by atoms with E-state index in [1.165, 1.54) is 5.56 Å². The molecule has 0 unspecified atom stereocenters. The van der Waals surface area contributed by atoms with E-state index in [-0.39, 0.29) is 29.5 Å². The standard InChI is InChI=1S/C36H40N2O4/c1-25(31-19-11-15-27-14-8-9-18-32(27)31)38(35(41)42-36(2,3)4)23-30-22-37(21-26-12-6-5-7-13-26)24-33(30)28-16-10-17-29(20-28)34(39)40/h5-20,25,30,33H,21-24H2,1-4H3,(H,39,40)/t25-,30-,33-/m1/s1. The van der Waals surface area contributed by atoms with Crippen LogP contribution in [0.4, 0.5) is 4.79 Å². The molecule has 5 rings (SSSR count). The zero-order chi connectivity index (χ0) is 29.9. The first kappa shape index (κ1) is 29.3. The Kier molecular flexibility index (Phi) is 8.64. The number of carboxylic acid groups (broad SMARTS) is 1. The van der Waals surface area contributed by atoms with Crippen LogP contribution in [0.25, 0.3) is 10.8 Å². The minimum absolute atomic E-state index is 0.0534. The summed E-state index contributed by atoms with van der Waals surface area (Å²) in [4.78, 5) is 30.0. The fourth-order valence-electron chi connectivity index (χ4n) is 6.14. The molecule has 0 radical (unpaired) electrons. The molecular weight excluding hydrogens is 524 g/mol. The van der Waals surface area contributed by atoms with Crippen molar-refractivity contribution >= 4 is 22.8 Å². The van der Waals surface area contributed by atoms with E-state index in [9.17, 15) is 14.7 Å². The van der Waals surface area contributed by atoms with Gasteiger partial charge in [0, 0.05) is 32.1 Å². The monoisotopic (exact) mass is 564 g/mol. The SMILES string of the molecule is C[C@H](c1cccc2ccccc12)N(C[C@H]1CN(Cc2ccccc2)C[C@@H]1c1cccc(C(=O)O)c1)C(=O)OC(C)(C)C. The van der Waals surface area contributed by atoms with E-state index in [0.29, 0.717) is 6.54 Å².